The molecule has 3 unspecified atom stereocenters. The second kappa shape index (κ2) is 58.9. The standard InChI is InChI=1S/C63H127NO4/c1-3-5-7-9-11-13-15-17-19-21-23-25-26-27-28-29-30-31-32-33-34-35-36-37-38-40-42-44-46-48-50-52-54-56-60(66)58-63(68)64-61(59-65)62(67)57-55-53-51-49-47-45-43-41-39-24-22-20-18-16-14-12-10-8-6-4-2/h60-62,65-67H,3-59H2,1-2H3,(H,64,68). The van der Waals surface area contributed by atoms with Gasteiger partial charge in [-0.1, -0.05) is 354 Å². The van der Waals surface area contributed by atoms with E-state index in [-0.39, 0.29) is 18.9 Å². The molecule has 0 bridgehead atoms. The number of amides is 1. The Balaban J connectivity index is 3.43. The van der Waals surface area contributed by atoms with E-state index in [1.807, 2.05) is 0 Å². The van der Waals surface area contributed by atoms with E-state index in [1.165, 1.54) is 315 Å². The predicted molar refractivity (Wildman–Crippen MR) is 301 cm³/mol. The number of unbranched alkanes of at least 4 members (excludes halogenated alkanes) is 51. The molecule has 5 heteroatoms. The summed E-state index contributed by atoms with van der Waals surface area (Å²) in [5.74, 6) is -0.273. The maximum absolute atomic E-state index is 12.6. The molecule has 5 nitrogen and oxygen atoms in total. The van der Waals surface area contributed by atoms with Crippen molar-refractivity contribution in [3.63, 3.8) is 0 Å². The zero-order valence-corrected chi connectivity index (χ0v) is 46.8. The van der Waals surface area contributed by atoms with Crippen molar-refractivity contribution < 1.29 is 20.1 Å². The summed E-state index contributed by atoms with van der Waals surface area (Å²) in [4.78, 5) is 12.6. The van der Waals surface area contributed by atoms with E-state index in [0.29, 0.717) is 12.8 Å². The fourth-order valence-electron chi connectivity index (χ4n) is 10.6. The second-order valence-electron chi connectivity index (χ2n) is 22.4. The average molecular weight is 963 g/mol. The van der Waals surface area contributed by atoms with Gasteiger partial charge in [-0.25, -0.2) is 0 Å². The quantitative estimate of drug-likeness (QED) is 0.0457. The molecular formula is C63H127NO4. The summed E-state index contributed by atoms with van der Waals surface area (Å²) in [6, 6.07) is -0.655. The van der Waals surface area contributed by atoms with Crippen molar-refractivity contribution in [2.24, 2.45) is 0 Å². The van der Waals surface area contributed by atoms with Crippen LogP contribution in [-0.2, 0) is 4.79 Å². The van der Waals surface area contributed by atoms with E-state index in [4.69, 9.17) is 0 Å². The number of nitrogens with one attached hydrogen (secondary N) is 1. The number of aliphatic hydroxyl groups excluding tert-OH is 3. The first-order valence-corrected chi connectivity index (χ1v) is 31.8. The van der Waals surface area contributed by atoms with Gasteiger partial charge in [0.1, 0.15) is 0 Å². The first kappa shape index (κ1) is 67.3. The SMILES string of the molecule is CCCCCCCCCCCCCCCCCCCCCCCCCCCCCCCCCCCC(O)CC(=O)NC(CO)C(O)CCCCCCCCCCCCCCCCCCCCCC. The van der Waals surface area contributed by atoms with Gasteiger partial charge >= 0.3 is 0 Å². The number of hydrogen-bond donors (Lipinski definition) is 4. The van der Waals surface area contributed by atoms with Crippen LogP contribution in [0, 0.1) is 0 Å². The van der Waals surface area contributed by atoms with Crippen LogP contribution in [0.25, 0.3) is 0 Å². The summed E-state index contributed by atoms with van der Waals surface area (Å²) in [7, 11) is 0. The normalized spacial score (nSPS) is 13.1. The maximum Gasteiger partial charge on any atom is 0.222 e. The van der Waals surface area contributed by atoms with Crippen LogP contribution in [-0.4, -0.2) is 46.1 Å². The largest absolute Gasteiger partial charge is 0.394 e. The number of carbonyl (C=O) groups is 1. The third kappa shape index (κ3) is 54.7. The van der Waals surface area contributed by atoms with Crippen molar-refractivity contribution in [3.05, 3.63) is 0 Å². The van der Waals surface area contributed by atoms with Gasteiger partial charge in [0.25, 0.3) is 0 Å². The number of rotatable bonds is 60. The summed E-state index contributed by atoms with van der Waals surface area (Å²) in [5.41, 5.74) is 0. The van der Waals surface area contributed by atoms with E-state index in [2.05, 4.69) is 19.2 Å². The van der Waals surface area contributed by atoms with Crippen LogP contribution >= 0.6 is 0 Å². The number of carbonyl (C=O) groups excluding carboxylic acids is 1. The Kier molecular flexibility index (Phi) is 58.4. The molecular weight excluding hydrogens is 835 g/mol. The van der Waals surface area contributed by atoms with Gasteiger partial charge < -0.3 is 20.6 Å². The van der Waals surface area contributed by atoms with E-state index >= 15 is 0 Å². The lowest BCUT2D eigenvalue weighted by molar-refractivity contribution is -0.125. The first-order valence-electron chi connectivity index (χ1n) is 31.8. The molecule has 0 saturated heterocycles. The Morgan fingerprint density at radius 2 is 0.500 bits per heavy atom. The third-order valence-corrected chi connectivity index (χ3v) is 15.4. The van der Waals surface area contributed by atoms with Gasteiger partial charge in [-0.2, -0.15) is 0 Å². The Bertz CT molecular complexity index is 929. The summed E-state index contributed by atoms with van der Waals surface area (Å²) in [6.07, 6.45) is 73.0. The van der Waals surface area contributed by atoms with Crippen molar-refractivity contribution in [3.8, 4) is 0 Å². The fourth-order valence-corrected chi connectivity index (χ4v) is 10.6. The second-order valence-corrected chi connectivity index (χ2v) is 22.4. The molecule has 0 aromatic rings. The molecule has 0 radical (unpaired) electrons. The van der Waals surface area contributed by atoms with Gasteiger partial charge in [0, 0.05) is 0 Å². The van der Waals surface area contributed by atoms with Gasteiger partial charge in [-0.15, -0.1) is 0 Å². The van der Waals surface area contributed by atoms with Gasteiger partial charge in [-0.05, 0) is 12.8 Å². The highest BCUT2D eigenvalue weighted by molar-refractivity contribution is 5.76. The Labute approximate surface area is 427 Å². The van der Waals surface area contributed by atoms with Gasteiger partial charge in [0.2, 0.25) is 5.91 Å². The molecule has 408 valence electrons. The molecule has 0 aromatic heterocycles. The van der Waals surface area contributed by atoms with Crippen molar-refractivity contribution in [1.29, 1.82) is 0 Å². The minimum Gasteiger partial charge on any atom is -0.394 e. The van der Waals surface area contributed by atoms with Crippen molar-refractivity contribution in [1.82, 2.24) is 5.32 Å². The van der Waals surface area contributed by atoms with Crippen LogP contribution in [0.5, 0.6) is 0 Å². The van der Waals surface area contributed by atoms with Crippen molar-refractivity contribution >= 4 is 5.91 Å². The zero-order valence-electron chi connectivity index (χ0n) is 46.8. The minimum absolute atomic E-state index is 0.0438. The monoisotopic (exact) mass is 962 g/mol. The minimum atomic E-state index is -0.746. The smallest absolute Gasteiger partial charge is 0.222 e. The molecule has 68 heavy (non-hydrogen) atoms. The number of aliphatic hydroxyl groups is 3. The van der Waals surface area contributed by atoms with Crippen LogP contribution in [0.2, 0.25) is 0 Å². The molecule has 4 N–H and O–H groups in total. The highest BCUT2D eigenvalue weighted by Crippen LogP contribution is 2.19. The van der Waals surface area contributed by atoms with Crippen LogP contribution in [0.3, 0.4) is 0 Å². The lowest BCUT2D eigenvalue weighted by atomic mass is 10.0. The molecule has 0 aliphatic carbocycles. The fraction of sp³-hybridized carbons (Fsp3) is 0.984. The van der Waals surface area contributed by atoms with Crippen molar-refractivity contribution in [2.45, 2.75) is 392 Å². The lowest BCUT2D eigenvalue weighted by Crippen LogP contribution is -2.46. The summed E-state index contributed by atoms with van der Waals surface area (Å²) in [6.45, 7) is 4.32. The van der Waals surface area contributed by atoms with Crippen LogP contribution in [0.4, 0.5) is 0 Å². The van der Waals surface area contributed by atoms with Crippen LogP contribution in [0.1, 0.15) is 373 Å². The first-order chi connectivity index (χ1) is 33.5. The third-order valence-electron chi connectivity index (χ3n) is 15.4. The summed E-state index contributed by atoms with van der Waals surface area (Å²) >= 11 is 0. The topological polar surface area (TPSA) is 89.8 Å². The van der Waals surface area contributed by atoms with Gasteiger partial charge in [-0.3, -0.25) is 4.79 Å². The highest BCUT2D eigenvalue weighted by atomic mass is 16.3. The highest BCUT2D eigenvalue weighted by Gasteiger charge is 2.21. The molecule has 0 aromatic carbocycles. The lowest BCUT2D eigenvalue weighted by Gasteiger charge is -2.23. The van der Waals surface area contributed by atoms with Crippen molar-refractivity contribution in [2.75, 3.05) is 6.61 Å². The van der Waals surface area contributed by atoms with Crippen LogP contribution < -0.4 is 5.32 Å². The Morgan fingerprint density at radius 3 is 0.706 bits per heavy atom. The van der Waals surface area contributed by atoms with E-state index < -0.39 is 18.2 Å². The van der Waals surface area contributed by atoms with Gasteiger partial charge in [0.05, 0.1) is 31.3 Å². The molecule has 1 amide bonds. The predicted octanol–water partition coefficient (Wildman–Crippen LogP) is 20.1. The molecule has 0 aliphatic heterocycles. The van der Waals surface area contributed by atoms with E-state index in [1.54, 1.807) is 0 Å². The van der Waals surface area contributed by atoms with E-state index in [9.17, 15) is 20.1 Å². The average Bonchev–Trinajstić information content (AvgIpc) is 3.33. The molecule has 0 fully saturated rings. The van der Waals surface area contributed by atoms with E-state index in [0.717, 1.165) is 25.7 Å². The zero-order chi connectivity index (χ0) is 49.3. The molecule has 0 aliphatic rings. The summed E-state index contributed by atoms with van der Waals surface area (Å²) < 4.78 is 0. The molecule has 0 saturated carbocycles. The summed E-state index contributed by atoms with van der Waals surface area (Å²) in [5, 5.41) is 33.7. The number of hydrogen-bond acceptors (Lipinski definition) is 4. The Morgan fingerprint density at radius 1 is 0.309 bits per heavy atom. The molecule has 0 rings (SSSR count). The molecule has 3 atom stereocenters. The Hall–Kier alpha value is -0.650. The maximum atomic E-state index is 12.6. The van der Waals surface area contributed by atoms with Gasteiger partial charge in [0.15, 0.2) is 0 Å². The van der Waals surface area contributed by atoms with Crippen LogP contribution in [0.15, 0.2) is 0 Å². The molecule has 0 spiro atoms. The molecule has 0 heterocycles.